The van der Waals surface area contributed by atoms with Crippen molar-refractivity contribution < 1.29 is 9.47 Å². The Bertz CT molecular complexity index is 236. The monoisotopic (exact) mass is 180 g/mol. The quantitative estimate of drug-likeness (QED) is 0.570. The van der Waals surface area contributed by atoms with Crippen LogP contribution in [0.3, 0.4) is 0 Å². The van der Waals surface area contributed by atoms with Crippen LogP contribution in [0.15, 0.2) is 35.8 Å². The van der Waals surface area contributed by atoms with Gasteiger partial charge in [0, 0.05) is 6.42 Å². The van der Waals surface area contributed by atoms with Crippen LogP contribution >= 0.6 is 0 Å². The largest absolute Gasteiger partial charge is 0.490 e. The molecule has 0 spiro atoms. The van der Waals surface area contributed by atoms with Gasteiger partial charge in [0.25, 0.3) is 0 Å². The van der Waals surface area contributed by atoms with Crippen molar-refractivity contribution in [3.8, 4) is 0 Å². The van der Waals surface area contributed by atoms with Gasteiger partial charge >= 0.3 is 0 Å². The van der Waals surface area contributed by atoms with Gasteiger partial charge in [0.05, 0.1) is 0 Å². The van der Waals surface area contributed by atoms with E-state index in [-0.39, 0.29) is 0 Å². The predicted molar refractivity (Wildman–Crippen MR) is 53.2 cm³/mol. The van der Waals surface area contributed by atoms with Gasteiger partial charge in [0.1, 0.15) is 19.0 Å². The lowest BCUT2D eigenvalue weighted by atomic mass is 10.3. The highest BCUT2D eigenvalue weighted by molar-refractivity contribution is 5.26. The van der Waals surface area contributed by atoms with Crippen LogP contribution in [0.5, 0.6) is 0 Å². The van der Waals surface area contributed by atoms with Crippen molar-refractivity contribution in [2.24, 2.45) is 0 Å². The lowest BCUT2D eigenvalue weighted by Crippen LogP contribution is -2.12. The number of ether oxygens (including phenoxy) is 2. The Balaban J connectivity index is 0.000000396. The Labute approximate surface area is 79.5 Å². The Morgan fingerprint density at radius 2 is 1.85 bits per heavy atom. The van der Waals surface area contributed by atoms with Crippen molar-refractivity contribution in [2.45, 2.75) is 20.3 Å². The summed E-state index contributed by atoms with van der Waals surface area (Å²) in [6.45, 7) is 5.35. The van der Waals surface area contributed by atoms with E-state index in [4.69, 9.17) is 9.47 Å². The molecular formula is C11H16O2. The van der Waals surface area contributed by atoms with Crippen molar-refractivity contribution in [1.29, 1.82) is 0 Å². The molecule has 0 saturated carbocycles. The third kappa shape index (κ3) is 2.65. The zero-order chi connectivity index (χ0) is 9.52. The second-order valence-corrected chi connectivity index (χ2v) is 2.48. The first-order valence-corrected chi connectivity index (χ1v) is 4.79. The summed E-state index contributed by atoms with van der Waals surface area (Å²) in [5.74, 6) is 1.85. The van der Waals surface area contributed by atoms with E-state index in [9.17, 15) is 0 Å². The fourth-order valence-corrected chi connectivity index (χ4v) is 1.17. The normalized spacial score (nSPS) is 18.9. The second kappa shape index (κ2) is 5.46. The molecule has 2 aliphatic rings. The molecule has 2 heteroatoms. The van der Waals surface area contributed by atoms with E-state index in [1.165, 1.54) is 0 Å². The van der Waals surface area contributed by atoms with Crippen LogP contribution in [0.1, 0.15) is 20.3 Å². The molecule has 1 heterocycles. The molecule has 72 valence electrons. The van der Waals surface area contributed by atoms with E-state index in [0.29, 0.717) is 13.2 Å². The van der Waals surface area contributed by atoms with Crippen molar-refractivity contribution in [3.63, 3.8) is 0 Å². The molecule has 0 amide bonds. The Kier molecular flexibility index (Phi) is 4.16. The van der Waals surface area contributed by atoms with Gasteiger partial charge < -0.3 is 9.47 Å². The van der Waals surface area contributed by atoms with E-state index in [1.54, 1.807) is 0 Å². The van der Waals surface area contributed by atoms with E-state index in [2.05, 4.69) is 6.08 Å². The summed E-state index contributed by atoms with van der Waals surface area (Å²) in [5, 5.41) is 0. The summed E-state index contributed by atoms with van der Waals surface area (Å²) in [4.78, 5) is 0. The maximum Gasteiger partial charge on any atom is 0.157 e. The lowest BCUT2D eigenvalue weighted by Gasteiger charge is -2.18. The highest BCUT2D eigenvalue weighted by atomic mass is 16.6. The van der Waals surface area contributed by atoms with Crippen LogP contribution in [-0.4, -0.2) is 13.2 Å². The molecule has 1 aliphatic carbocycles. The van der Waals surface area contributed by atoms with Crippen molar-refractivity contribution >= 4 is 0 Å². The van der Waals surface area contributed by atoms with E-state index in [1.807, 2.05) is 32.1 Å². The first-order valence-electron chi connectivity index (χ1n) is 4.79. The van der Waals surface area contributed by atoms with E-state index >= 15 is 0 Å². The molecule has 0 aromatic carbocycles. The Morgan fingerprint density at radius 1 is 1.08 bits per heavy atom. The zero-order valence-electron chi connectivity index (χ0n) is 8.25. The van der Waals surface area contributed by atoms with Gasteiger partial charge in [-0.15, -0.1) is 0 Å². The minimum Gasteiger partial charge on any atom is -0.490 e. The topological polar surface area (TPSA) is 18.5 Å². The maximum absolute atomic E-state index is 5.41. The summed E-state index contributed by atoms with van der Waals surface area (Å²) in [7, 11) is 0. The minimum atomic E-state index is 0.670. The predicted octanol–water partition coefficient (Wildman–Crippen LogP) is 2.79. The third-order valence-electron chi connectivity index (χ3n) is 1.69. The molecule has 0 atom stereocenters. The van der Waals surface area contributed by atoms with Crippen LogP contribution < -0.4 is 0 Å². The van der Waals surface area contributed by atoms with Gasteiger partial charge in [-0.1, -0.05) is 32.1 Å². The molecule has 13 heavy (non-hydrogen) atoms. The molecule has 1 aliphatic heterocycles. The van der Waals surface area contributed by atoms with Gasteiger partial charge in [-0.25, -0.2) is 0 Å². The number of hydrogen-bond acceptors (Lipinski definition) is 2. The average molecular weight is 180 g/mol. The molecule has 0 radical (unpaired) electrons. The molecule has 2 rings (SSSR count). The summed E-state index contributed by atoms with van der Waals surface area (Å²) >= 11 is 0. The number of rotatable bonds is 0. The summed E-state index contributed by atoms with van der Waals surface area (Å²) < 4.78 is 10.8. The van der Waals surface area contributed by atoms with Crippen LogP contribution in [-0.2, 0) is 9.47 Å². The standard InChI is InChI=1S/C9H10O2.C2H6/c1-2-4-8-9(5-3-1)11-7-6-10-8;1-2/h1-4H,5-7H2;1-2H3. The van der Waals surface area contributed by atoms with Crippen LogP contribution in [0.25, 0.3) is 0 Å². The summed E-state index contributed by atoms with van der Waals surface area (Å²) in [6, 6.07) is 0. The van der Waals surface area contributed by atoms with Crippen molar-refractivity contribution in [3.05, 3.63) is 35.8 Å². The second-order valence-electron chi connectivity index (χ2n) is 2.48. The van der Waals surface area contributed by atoms with Crippen molar-refractivity contribution in [1.82, 2.24) is 0 Å². The van der Waals surface area contributed by atoms with Gasteiger partial charge in [-0.3, -0.25) is 0 Å². The Hall–Kier alpha value is -1.18. The molecule has 0 saturated heterocycles. The first kappa shape index (κ1) is 9.90. The smallest absolute Gasteiger partial charge is 0.157 e. The molecule has 0 N–H and O–H groups in total. The Morgan fingerprint density at radius 3 is 2.69 bits per heavy atom. The third-order valence-corrected chi connectivity index (χ3v) is 1.69. The molecule has 0 aromatic rings. The maximum atomic E-state index is 5.41. The fourth-order valence-electron chi connectivity index (χ4n) is 1.17. The minimum absolute atomic E-state index is 0.670. The summed E-state index contributed by atoms with van der Waals surface area (Å²) in [5.41, 5.74) is 0. The van der Waals surface area contributed by atoms with E-state index < -0.39 is 0 Å². The molecule has 0 fully saturated rings. The van der Waals surface area contributed by atoms with Crippen LogP contribution in [0.4, 0.5) is 0 Å². The highest BCUT2D eigenvalue weighted by Crippen LogP contribution is 2.20. The van der Waals surface area contributed by atoms with E-state index in [0.717, 1.165) is 17.9 Å². The van der Waals surface area contributed by atoms with Gasteiger partial charge in [0.15, 0.2) is 5.76 Å². The molecule has 0 aromatic heterocycles. The van der Waals surface area contributed by atoms with Crippen molar-refractivity contribution in [2.75, 3.05) is 13.2 Å². The highest BCUT2D eigenvalue weighted by Gasteiger charge is 2.12. The zero-order valence-corrected chi connectivity index (χ0v) is 8.25. The number of allylic oxidation sites excluding steroid dienone is 4. The van der Waals surface area contributed by atoms with Gasteiger partial charge in [0.2, 0.25) is 0 Å². The molecule has 0 unspecified atom stereocenters. The molecule has 0 bridgehead atoms. The summed E-state index contributed by atoms with van der Waals surface area (Å²) in [6.07, 6.45) is 8.83. The van der Waals surface area contributed by atoms with Crippen LogP contribution in [0.2, 0.25) is 0 Å². The molecular weight excluding hydrogens is 164 g/mol. The SMILES string of the molecule is C1=CCC2=C(C=C1)OCCO2.CC. The van der Waals surface area contributed by atoms with Gasteiger partial charge in [-0.2, -0.15) is 0 Å². The van der Waals surface area contributed by atoms with Gasteiger partial charge in [-0.05, 0) is 6.08 Å². The van der Waals surface area contributed by atoms with Crippen LogP contribution in [0, 0.1) is 0 Å². The fraction of sp³-hybridized carbons (Fsp3) is 0.455. The average Bonchev–Trinajstić information content (AvgIpc) is 2.45. The molecule has 2 nitrogen and oxygen atoms in total. The lowest BCUT2D eigenvalue weighted by molar-refractivity contribution is 0.0675. The first-order chi connectivity index (χ1) is 6.47. The number of hydrogen-bond donors (Lipinski definition) is 0.